The van der Waals surface area contributed by atoms with Crippen LogP contribution in [0.15, 0.2) is 47.1 Å². The normalized spacial score (nSPS) is 12.1. The quantitative estimate of drug-likeness (QED) is 0.695. The average Bonchev–Trinajstić information content (AvgIpc) is 3.21. The molecular weight excluding hydrogens is 350 g/mol. The Morgan fingerprint density at radius 2 is 2.08 bits per heavy atom. The monoisotopic (exact) mass is 363 g/mol. The molecule has 7 heteroatoms. The van der Waals surface area contributed by atoms with Crippen molar-refractivity contribution in [3.63, 3.8) is 0 Å². The van der Waals surface area contributed by atoms with Gasteiger partial charge in [0.2, 0.25) is 0 Å². The van der Waals surface area contributed by atoms with Gasteiger partial charge in [0, 0.05) is 10.1 Å². The number of nitrogens with one attached hydrogen (secondary N) is 1. The number of amides is 1. The van der Waals surface area contributed by atoms with Gasteiger partial charge in [0.25, 0.3) is 5.91 Å². The second kappa shape index (κ2) is 7.07. The molecule has 2 aromatic heterocycles. The van der Waals surface area contributed by atoms with Crippen LogP contribution in [0.4, 0.5) is 0 Å². The van der Waals surface area contributed by atoms with Gasteiger partial charge < -0.3 is 14.5 Å². The highest BCUT2D eigenvalue weighted by atomic mass is 35.5. The number of rotatable bonds is 5. The number of hydrogen-bond acceptors (Lipinski definition) is 5. The van der Waals surface area contributed by atoms with Crippen molar-refractivity contribution in [3.8, 4) is 0 Å². The van der Waals surface area contributed by atoms with Crippen LogP contribution >= 0.6 is 22.9 Å². The fourth-order valence-electron chi connectivity index (χ4n) is 2.14. The number of carbonyl (C=O) groups excluding carboxylic acids is 2. The van der Waals surface area contributed by atoms with Gasteiger partial charge in [-0.3, -0.25) is 4.79 Å². The van der Waals surface area contributed by atoms with Crippen molar-refractivity contribution in [2.24, 2.45) is 0 Å². The summed E-state index contributed by atoms with van der Waals surface area (Å²) in [5.41, 5.74) is 0. The molecule has 1 aromatic carbocycles. The summed E-state index contributed by atoms with van der Waals surface area (Å²) in [6.45, 7) is 1.74. The molecule has 0 aliphatic carbocycles. The van der Waals surface area contributed by atoms with E-state index in [-0.39, 0.29) is 6.54 Å². The number of thiophene rings is 1. The molecule has 5 nitrogen and oxygen atoms in total. The predicted molar refractivity (Wildman–Crippen MR) is 92.3 cm³/mol. The summed E-state index contributed by atoms with van der Waals surface area (Å²) >= 11 is 7.48. The molecule has 0 unspecified atom stereocenters. The van der Waals surface area contributed by atoms with E-state index in [4.69, 9.17) is 20.8 Å². The van der Waals surface area contributed by atoms with E-state index in [1.54, 1.807) is 12.1 Å². The Morgan fingerprint density at radius 3 is 2.79 bits per heavy atom. The Morgan fingerprint density at radius 1 is 1.29 bits per heavy atom. The minimum atomic E-state index is -0.936. The van der Waals surface area contributed by atoms with Gasteiger partial charge in [0.15, 0.2) is 6.10 Å². The van der Waals surface area contributed by atoms with Crippen LogP contribution < -0.4 is 5.32 Å². The lowest BCUT2D eigenvalue weighted by atomic mass is 10.2. The fourth-order valence-corrected chi connectivity index (χ4v) is 3.54. The van der Waals surface area contributed by atoms with E-state index in [0.29, 0.717) is 15.7 Å². The standard InChI is InChI=1S/C17H14ClNO4S/c1-10(16(20)19-9-11-5-4-8-22-11)23-17(21)15-14(18)12-6-2-3-7-13(12)24-15/h2-8,10H,9H2,1H3,(H,19,20)/t10-/m0/s1. The maximum Gasteiger partial charge on any atom is 0.350 e. The van der Waals surface area contributed by atoms with Gasteiger partial charge in [-0.2, -0.15) is 0 Å². The third-order valence-corrected chi connectivity index (χ3v) is 5.05. The van der Waals surface area contributed by atoms with Gasteiger partial charge in [0.05, 0.1) is 17.8 Å². The van der Waals surface area contributed by atoms with Gasteiger partial charge >= 0.3 is 5.97 Å². The lowest BCUT2D eigenvalue weighted by Gasteiger charge is -2.12. The van der Waals surface area contributed by atoms with Gasteiger partial charge in [-0.05, 0) is 25.1 Å². The molecule has 1 atom stereocenters. The summed E-state index contributed by atoms with van der Waals surface area (Å²) in [6, 6.07) is 10.9. The SMILES string of the molecule is C[C@H](OC(=O)c1sc2ccccc2c1Cl)C(=O)NCc1ccco1. The molecule has 0 saturated heterocycles. The van der Waals surface area contributed by atoms with E-state index in [1.165, 1.54) is 24.5 Å². The van der Waals surface area contributed by atoms with E-state index in [1.807, 2.05) is 24.3 Å². The van der Waals surface area contributed by atoms with Crippen LogP contribution in [0.25, 0.3) is 10.1 Å². The zero-order valence-corrected chi connectivity index (χ0v) is 14.3. The first-order chi connectivity index (χ1) is 11.6. The van der Waals surface area contributed by atoms with Crippen molar-refractivity contribution in [3.05, 3.63) is 58.3 Å². The molecule has 1 amide bonds. The van der Waals surface area contributed by atoms with Crippen LogP contribution in [-0.4, -0.2) is 18.0 Å². The maximum atomic E-state index is 12.3. The maximum absolute atomic E-state index is 12.3. The molecule has 0 saturated carbocycles. The van der Waals surface area contributed by atoms with Crippen LogP contribution in [0.1, 0.15) is 22.4 Å². The number of hydrogen-bond donors (Lipinski definition) is 1. The topological polar surface area (TPSA) is 68.5 Å². The lowest BCUT2D eigenvalue weighted by Crippen LogP contribution is -2.35. The first-order valence-electron chi connectivity index (χ1n) is 7.24. The minimum absolute atomic E-state index is 0.233. The molecule has 0 aliphatic heterocycles. The Bertz CT molecular complexity index is 872. The van der Waals surface area contributed by atoms with E-state index in [2.05, 4.69) is 5.32 Å². The Labute approximate surface area is 147 Å². The van der Waals surface area contributed by atoms with Gasteiger partial charge in [-0.25, -0.2) is 4.79 Å². The molecule has 124 valence electrons. The number of furan rings is 1. The third kappa shape index (κ3) is 3.44. The summed E-state index contributed by atoms with van der Waals surface area (Å²) in [5.74, 6) is -0.395. The van der Waals surface area contributed by atoms with Crippen molar-refractivity contribution >= 4 is 44.9 Å². The van der Waals surface area contributed by atoms with Crippen molar-refractivity contribution in [2.75, 3.05) is 0 Å². The van der Waals surface area contributed by atoms with Crippen LogP contribution in [0.5, 0.6) is 0 Å². The lowest BCUT2D eigenvalue weighted by molar-refractivity contribution is -0.129. The molecule has 0 aliphatic rings. The molecule has 3 aromatic rings. The van der Waals surface area contributed by atoms with Crippen LogP contribution in [-0.2, 0) is 16.1 Å². The van der Waals surface area contributed by atoms with E-state index in [9.17, 15) is 9.59 Å². The largest absolute Gasteiger partial charge is 0.467 e. The number of ether oxygens (including phenoxy) is 1. The molecule has 3 rings (SSSR count). The average molecular weight is 364 g/mol. The fraction of sp³-hybridized carbons (Fsp3) is 0.176. The molecule has 0 fully saturated rings. The van der Waals surface area contributed by atoms with Crippen LogP contribution in [0, 0.1) is 0 Å². The zero-order chi connectivity index (χ0) is 17.1. The van der Waals surface area contributed by atoms with Gasteiger partial charge in [-0.1, -0.05) is 29.8 Å². The summed E-state index contributed by atoms with van der Waals surface area (Å²) in [6.07, 6.45) is 0.586. The van der Waals surface area contributed by atoms with E-state index in [0.717, 1.165) is 10.1 Å². The van der Waals surface area contributed by atoms with Crippen molar-refractivity contribution < 1.29 is 18.7 Å². The Balaban J connectivity index is 1.64. The molecule has 24 heavy (non-hydrogen) atoms. The molecule has 0 radical (unpaired) electrons. The molecule has 1 N–H and O–H groups in total. The van der Waals surface area contributed by atoms with Crippen LogP contribution in [0.3, 0.4) is 0 Å². The number of benzene rings is 1. The minimum Gasteiger partial charge on any atom is -0.467 e. The highest BCUT2D eigenvalue weighted by molar-refractivity contribution is 7.21. The number of esters is 1. The summed E-state index contributed by atoms with van der Waals surface area (Å²) < 4.78 is 11.2. The molecule has 0 spiro atoms. The first kappa shape index (κ1) is 16.5. The van der Waals surface area contributed by atoms with Gasteiger partial charge in [0.1, 0.15) is 10.6 Å². The van der Waals surface area contributed by atoms with Crippen molar-refractivity contribution in [1.82, 2.24) is 5.32 Å². The molecule has 0 bridgehead atoms. The predicted octanol–water partition coefficient (Wildman–Crippen LogP) is 4.01. The number of carbonyl (C=O) groups is 2. The van der Waals surface area contributed by atoms with Crippen molar-refractivity contribution in [2.45, 2.75) is 19.6 Å². The summed E-state index contributed by atoms with van der Waals surface area (Å²) in [7, 11) is 0. The number of fused-ring (bicyclic) bond motifs is 1. The van der Waals surface area contributed by atoms with E-state index >= 15 is 0 Å². The highest BCUT2D eigenvalue weighted by Gasteiger charge is 2.23. The van der Waals surface area contributed by atoms with Crippen LogP contribution in [0.2, 0.25) is 5.02 Å². The Hall–Kier alpha value is -2.31. The summed E-state index contributed by atoms with van der Waals surface area (Å²) in [5, 5.41) is 3.79. The molecule has 2 heterocycles. The second-order valence-corrected chi connectivity index (χ2v) is 6.52. The highest BCUT2D eigenvalue weighted by Crippen LogP contribution is 2.35. The number of halogens is 1. The van der Waals surface area contributed by atoms with Crippen molar-refractivity contribution in [1.29, 1.82) is 0 Å². The Kier molecular flexibility index (Phi) is 4.87. The van der Waals surface area contributed by atoms with E-state index < -0.39 is 18.0 Å². The van der Waals surface area contributed by atoms with Gasteiger partial charge in [-0.15, -0.1) is 11.3 Å². The molecular formula is C17H14ClNO4S. The summed E-state index contributed by atoms with van der Waals surface area (Å²) in [4.78, 5) is 24.6. The second-order valence-electron chi connectivity index (χ2n) is 5.09. The first-order valence-corrected chi connectivity index (χ1v) is 8.44. The zero-order valence-electron chi connectivity index (χ0n) is 12.7. The smallest absolute Gasteiger partial charge is 0.350 e. The third-order valence-electron chi connectivity index (χ3n) is 3.39.